The van der Waals surface area contributed by atoms with Crippen molar-refractivity contribution in [1.29, 1.82) is 0 Å². The highest BCUT2D eigenvalue weighted by molar-refractivity contribution is 6.66. The number of hydrogen-bond donors (Lipinski definition) is 2. The molecule has 0 unspecified atom stereocenters. The molecule has 0 bridgehead atoms. The van der Waals surface area contributed by atoms with Crippen LogP contribution in [0.2, 0.25) is 0 Å². The molecule has 7 heteroatoms. The van der Waals surface area contributed by atoms with Gasteiger partial charge >= 0.3 is 13.1 Å². The zero-order valence-corrected chi connectivity index (χ0v) is 49.3. The van der Waals surface area contributed by atoms with E-state index in [4.69, 9.17) is 9.31 Å². The Hall–Kier alpha value is -4.46. The molecule has 1 fully saturated rings. The number of carboxylic acid groups (broad SMARTS) is 1. The molecule has 2 N–H and O–H groups in total. The summed E-state index contributed by atoms with van der Waals surface area (Å²) in [5.74, 6) is -1.31. The molecule has 1 amide bonds. The second-order valence-electron chi connectivity index (χ2n) is 24.4. The third-order valence-corrected chi connectivity index (χ3v) is 17.9. The third-order valence-electron chi connectivity index (χ3n) is 17.9. The molecule has 1 saturated heterocycles. The number of fused-ring (bicyclic) bond motifs is 2. The molecule has 0 saturated carbocycles. The minimum absolute atomic E-state index is 0.135. The average molecular weight is 1050 g/mol. The van der Waals surface area contributed by atoms with Gasteiger partial charge in [-0.2, -0.15) is 0 Å². The Morgan fingerprint density at radius 2 is 0.818 bits per heavy atom. The van der Waals surface area contributed by atoms with Gasteiger partial charge in [0.2, 0.25) is 0 Å². The SMILES string of the molecule is CCCCCCCCCCCCc1cc(NC(=O)c2ccc3c4cccc5c(B6OC(C)(C)C(C)(C)O6)ccc(c6ccc(C(=O)O)c2c63)c54)cc(CCCCCCCCCCCC)c1CCCCCCCCCCCC. The molecule has 6 nitrogen and oxygen atoms in total. The Labute approximate surface area is 466 Å². The minimum atomic E-state index is -1.04. The van der Waals surface area contributed by atoms with Crippen LogP contribution in [-0.2, 0) is 28.6 Å². The molecule has 6 aromatic carbocycles. The molecule has 77 heavy (non-hydrogen) atoms. The molecule has 0 aliphatic carbocycles. The van der Waals surface area contributed by atoms with Gasteiger partial charge in [-0.3, -0.25) is 4.79 Å². The molecule has 7 rings (SSSR count). The fourth-order valence-corrected chi connectivity index (χ4v) is 12.6. The van der Waals surface area contributed by atoms with E-state index in [2.05, 4.69) is 96.2 Å². The van der Waals surface area contributed by atoms with Crippen LogP contribution in [-0.4, -0.2) is 35.3 Å². The van der Waals surface area contributed by atoms with E-state index in [-0.39, 0.29) is 11.5 Å². The van der Waals surface area contributed by atoms with Crippen LogP contribution in [0.4, 0.5) is 5.69 Å². The van der Waals surface area contributed by atoms with Crippen molar-refractivity contribution < 1.29 is 24.0 Å². The van der Waals surface area contributed by atoms with Crippen molar-refractivity contribution in [3.05, 3.63) is 94.5 Å². The second kappa shape index (κ2) is 30.2. The molecule has 1 aliphatic heterocycles. The number of rotatable bonds is 37. The average Bonchev–Trinajstić information content (AvgIpc) is 3.70. The molecule has 6 aromatic rings. The van der Waals surface area contributed by atoms with Crippen molar-refractivity contribution in [3.8, 4) is 0 Å². The summed E-state index contributed by atoms with van der Waals surface area (Å²) < 4.78 is 13.2. The van der Waals surface area contributed by atoms with Gasteiger partial charge in [-0.25, -0.2) is 4.79 Å². The van der Waals surface area contributed by atoms with E-state index in [1.807, 2.05) is 18.2 Å². The predicted molar refractivity (Wildman–Crippen MR) is 331 cm³/mol. The standard InChI is InChI=1S/C70H100BNO5/c1-8-11-14-17-20-23-26-29-32-35-39-52-50-54(51-53(40-36-33-30-27-24-21-18-15-12-9-2)55(52)41-37-34-31-28-25-22-19-16-13-10-3)72-67(73)61-46-44-58-56-42-38-43-60-63(71-76-69(4,5)70(6,7)77-71)49-48-57(64(56)60)59-45-47-62(68(74)75)66(61)65(58)59/h38,42-51H,8-37,39-41H2,1-7H3,(H,72,73)(H,74,75). The van der Waals surface area contributed by atoms with Gasteiger partial charge in [-0.15, -0.1) is 0 Å². The number of carboxylic acids is 1. The quantitative estimate of drug-likeness (QED) is 0.0176. The van der Waals surface area contributed by atoms with Crippen LogP contribution in [0.25, 0.3) is 43.1 Å². The van der Waals surface area contributed by atoms with Crippen molar-refractivity contribution in [2.24, 2.45) is 0 Å². The Kier molecular flexibility index (Phi) is 23.6. The summed E-state index contributed by atoms with van der Waals surface area (Å²) in [7, 11) is -0.536. The van der Waals surface area contributed by atoms with E-state index < -0.39 is 24.3 Å². The highest BCUT2D eigenvalue weighted by atomic mass is 16.7. The summed E-state index contributed by atoms with van der Waals surface area (Å²) in [5, 5.41) is 21.5. The third kappa shape index (κ3) is 15.9. The fourth-order valence-electron chi connectivity index (χ4n) is 12.6. The van der Waals surface area contributed by atoms with Crippen LogP contribution < -0.4 is 10.8 Å². The summed E-state index contributed by atoms with van der Waals surface area (Å²) in [6, 6.07) is 22.6. The first-order chi connectivity index (χ1) is 37.4. The lowest BCUT2D eigenvalue weighted by Crippen LogP contribution is -2.41. The molecule has 0 atom stereocenters. The zero-order valence-electron chi connectivity index (χ0n) is 49.3. The summed E-state index contributed by atoms with van der Waals surface area (Å²) in [4.78, 5) is 28.4. The molecule has 0 aromatic heterocycles. The number of benzene rings is 6. The number of carbonyl (C=O) groups excluding carboxylic acids is 1. The van der Waals surface area contributed by atoms with Gasteiger partial charge in [0.05, 0.1) is 16.8 Å². The molecule has 0 spiro atoms. The number of hydrogen-bond acceptors (Lipinski definition) is 4. The van der Waals surface area contributed by atoms with Crippen molar-refractivity contribution >= 4 is 73.2 Å². The lowest BCUT2D eigenvalue weighted by atomic mass is 9.74. The van der Waals surface area contributed by atoms with Gasteiger partial charge < -0.3 is 19.7 Å². The first-order valence-corrected chi connectivity index (χ1v) is 31.6. The van der Waals surface area contributed by atoms with Gasteiger partial charge in [-0.05, 0) is 150 Å². The van der Waals surface area contributed by atoms with Gasteiger partial charge in [0.15, 0.2) is 0 Å². The van der Waals surface area contributed by atoms with Crippen LogP contribution in [0, 0.1) is 0 Å². The Morgan fingerprint density at radius 1 is 0.442 bits per heavy atom. The maximum absolute atomic E-state index is 15.1. The number of amides is 1. The predicted octanol–water partition coefficient (Wildman–Crippen LogP) is 20.4. The first-order valence-electron chi connectivity index (χ1n) is 31.6. The van der Waals surface area contributed by atoms with Gasteiger partial charge in [0.25, 0.3) is 5.91 Å². The molecule has 1 heterocycles. The van der Waals surface area contributed by atoms with E-state index in [9.17, 15) is 9.90 Å². The lowest BCUT2D eigenvalue weighted by molar-refractivity contribution is 0.00578. The molecule has 0 radical (unpaired) electrons. The lowest BCUT2D eigenvalue weighted by Gasteiger charge is -2.32. The van der Waals surface area contributed by atoms with Gasteiger partial charge in [0, 0.05) is 16.6 Å². The van der Waals surface area contributed by atoms with Crippen molar-refractivity contribution in [3.63, 3.8) is 0 Å². The van der Waals surface area contributed by atoms with E-state index >= 15 is 4.79 Å². The number of nitrogens with one attached hydrogen (secondary N) is 1. The van der Waals surface area contributed by atoms with E-state index in [1.54, 1.807) is 6.07 Å². The van der Waals surface area contributed by atoms with Gasteiger partial charge in [0.1, 0.15) is 0 Å². The summed E-state index contributed by atoms with van der Waals surface area (Å²) in [6.07, 6.45) is 42.5. The van der Waals surface area contributed by atoms with Crippen LogP contribution in [0.15, 0.2) is 66.7 Å². The number of aromatic carboxylic acids is 1. The monoisotopic (exact) mass is 1050 g/mol. The van der Waals surface area contributed by atoms with Crippen molar-refractivity contribution in [2.75, 3.05) is 5.32 Å². The van der Waals surface area contributed by atoms with E-state index in [0.29, 0.717) is 10.9 Å². The number of carbonyl (C=O) groups is 2. The number of anilines is 1. The molecular weight excluding hydrogens is 946 g/mol. The maximum Gasteiger partial charge on any atom is 0.495 e. The fraction of sp³-hybridized carbons (Fsp3) is 0.600. The number of unbranched alkanes of at least 4 members (excludes halogenated alkanes) is 27. The Morgan fingerprint density at radius 3 is 1.27 bits per heavy atom. The summed E-state index contributed by atoms with van der Waals surface area (Å²) in [6.45, 7) is 15.2. The molecular formula is C70H100BNO5. The minimum Gasteiger partial charge on any atom is -0.478 e. The molecule has 418 valence electrons. The van der Waals surface area contributed by atoms with Crippen LogP contribution in [0.5, 0.6) is 0 Å². The highest BCUT2D eigenvalue weighted by Crippen LogP contribution is 2.44. The highest BCUT2D eigenvalue weighted by Gasteiger charge is 2.52. The smallest absolute Gasteiger partial charge is 0.478 e. The van der Waals surface area contributed by atoms with Crippen LogP contribution in [0.3, 0.4) is 0 Å². The summed E-state index contributed by atoms with van der Waals surface area (Å²) in [5.41, 5.74) is 5.66. The Bertz CT molecular complexity index is 2710. The van der Waals surface area contributed by atoms with E-state index in [1.165, 1.54) is 196 Å². The van der Waals surface area contributed by atoms with E-state index in [0.717, 1.165) is 81.0 Å². The maximum atomic E-state index is 15.1. The molecule has 1 aliphatic rings. The zero-order chi connectivity index (χ0) is 54.6. The van der Waals surface area contributed by atoms with Gasteiger partial charge in [-0.1, -0.05) is 237 Å². The largest absolute Gasteiger partial charge is 0.495 e. The second-order valence-corrected chi connectivity index (χ2v) is 24.4. The topological polar surface area (TPSA) is 84.9 Å². The van der Waals surface area contributed by atoms with Crippen LogP contribution in [0.1, 0.15) is 278 Å². The summed E-state index contributed by atoms with van der Waals surface area (Å²) >= 11 is 0. The van der Waals surface area contributed by atoms with Crippen molar-refractivity contribution in [2.45, 2.75) is 272 Å². The number of aryl methyl sites for hydroxylation is 2. The van der Waals surface area contributed by atoms with Crippen LogP contribution >= 0.6 is 0 Å². The first kappa shape index (κ1) is 60.2. The van der Waals surface area contributed by atoms with Crippen molar-refractivity contribution in [1.82, 2.24) is 0 Å². The Balaban J connectivity index is 1.18. The normalized spacial score (nSPS) is 14.3.